The highest BCUT2D eigenvalue weighted by molar-refractivity contribution is 5.76. The lowest BCUT2D eigenvalue weighted by molar-refractivity contribution is -0.142. The van der Waals surface area contributed by atoms with Gasteiger partial charge in [0.25, 0.3) is 0 Å². The molecule has 1 aromatic carbocycles. The van der Waals surface area contributed by atoms with E-state index in [1.807, 2.05) is 23.1 Å². The topological polar surface area (TPSA) is 88.1 Å². The quantitative estimate of drug-likeness (QED) is 0.849. The molecule has 3 aliphatic rings. The number of carbonyl (C=O) groups excluding carboxylic acids is 1. The van der Waals surface area contributed by atoms with Crippen molar-refractivity contribution in [2.24, 2.45) is 5.92 Å². The van der Waals surface area contributed by atoms with Gasteiger partial charge >= 0.3 is 12.0 Å². The van der Waals surface area contributed by atoms with Gasteiger partial charge in [0, 0.05) is 18.2 Å². The van der Waals surface area contributed by atoms with Gasteiger partial charge in [-0.15, -0.1) is 0 Å². The average Bonchev–Trinajstić information content (AvgIpc) is 3.18. The Morgan fingerprint density at radius 2 is 1.85 bits per heavy atom. The number of aliphatic carboxylic acids is 1. The zero-order valence-electron chi connectivity index (χ0n) is 15.4. The molecule has 1 saturated carbocycles. The van der Waals surface area contributed by atoms with E-state index in [0.29, 0.717) is 32.6 Å². The fourth-order valence-electron chi connectivity index (χ4n) is 4.43. The molecule has 1 unspecified atom stereocenters. The van der Waals surface area contributed by atoms with Crippen LogP contribution in [0.2, 0.25) is 0 Å². The van der Waals surface area contributed by atoms with Crippen molar-refractivity contribution in [1.82, 2.24) is 10.2 Å². The van der Waals surface area contributed by atoms with Crippen LogP contribution in [0, 0.1) is 5.92 Å². The summed E-state index contributed by atoms with van der Waals surface area (Å²) in [6, 6.07) is 5.84. The first-order valence-electron chi connectivity index (χ1n) is 9.82. The van der Waals surface area contributed by atoms with Crippen LogP contribution in [-0.2, 0) is 4.79 Å². The van der Waals surface area contributed by atoms with E-state index in [2.05, 4.69) is 5.32 Å². The van der Waals surface area contributed by atoms with Crippen LogP contribution < -0.4 is 14.8 Å². The Labute approximate surface area is 158 Å². The van der Waals surface area contributed by atoms with Crippen LogP contribution in [0.1, 0.15) is 50.1 Å². The molecule has 2 amide bonds. The second-order valence-electron chi connectivity index (χ2n) is 7.56. The molecule has 0 radical (unpaired) electrons. The summed E-state index contributed by atoms with van der Waals surface area (Å²) in [7, 11) is 0. The number of fused-ring (bicyclic) bond motifs is 1. The van der Waals surface area contributed by atoms with Gasteiger partial charge in [-0.3, -0.25) is 4.79 Å². The molecule has 1 aromatic rings. The molecule has 7 nitrogen and oxygen atoms in total. The molecule has 4 rings (SSSR count). The lowest BCUT2D eigenvalue weighted by atomic mass is 9.86. The molecule has 0 spiro atoms. The van der Waals surface area contributed by atoms with E-state index in [4.69, 9.17) is 14.6 Å². The third kappa shape index (κ3) is 3.68. The average molecular weight is 374 g/mol. The van der Waals surface area contributed by atoms with Gasteiger partial charge in [0.1, 0.15) is 13.2 Å². The van der Waals surface area contributed by atoms with Gasteiger partial charge in [-0.2, -0.15) is 0 Å². The summed E-state index contributed by atoms with van der Waals surface area (Å²) in [6.45, 7) is 1.78. The number of urea groups is 1. The minimum Gasteiger partial charge on any atom is -0.486 e. The van der Waals surface area contributed by atoms with Crippen LogP contribution in [-0.4, -0.2) is 47.8 Å². The van der Waals surface area contributed by atoms with Crippen molar-refractivity contribution in [2.75, 3.05) is 19.8 Å². The highest BCUT2D eigenvalue weighted by Gasteiger charge is 2.35. The Balaban J connectivity index is 1.43. The molecule has 2 N–H and O–H groups in total. The van der Waals surface area contributed by atoms with Gasteiger partial charge in [0.15, 0.2) is 11.5 Å². The maximum Gasteiger partial charge on any atom is 0.318 e. The molecule has 2 heterocycles. The Bertz CT molecular complexity index is 714. The van der Waals surface area contributed by atoms with E-state index in [9.17, 15) is 9.59 Å². The molecule has 0 aromatic heterocycles. The van der Waals surface area contributed by atoms with Crippen molar-refractivity contribution in [3.8, 4) is 11.5 Å². The van der Waals surface area contributed by atoms with Crippen molar-refractivity contribution in [2.45, 2.75) is 50.6 Å². The van der Waals surface area contributed by atoms with Gasteiger partial charge in [0.2, 0.25) is 0 Å². The van der Waals surface area contributed by atoms with Crippen molar-refractivity contribution in [3.05, 3.63) is 23.8 Å². The molecule has 1 atom stereocenters. The third-order valence-corrected chi connectivity index (χ3v) is 5.87. The van der Waals surface area contributed by atoms with Gasteiger partial charge in [-0.1, -0.05) is 12.1 Å². The summed E-state index contributed by atoms with van der Waals surface area (Å²) in [4.78, 5) is 25.9. The number of likely N-dealkylation sites (tertiary alicyclic amines) is 1. The van der Waals surface area contributed by atoms with Crippen LogP contribution >= 0.6 is 0 Å². The highest BCUT2D eigenvalue weighted by atomic mass is 16.6. The predicted molar refractivity (Wildman–Crippen MR) is 98.0 cm³/mol. The SMILES string of the molecule is O=C(O)C1CCC(NC(=O)N2CCCC2c2cccc3c2OCCO3)CC1. The van der Waals surface area contributed by atoms with Gasteiger partial charge in [-0.05, 0) is 44.6 Å². The Kier molecular flexibility index (Phi) is 5.09. The number of nitrogens with zero attached hydrogens (tertiary/aromatic N) is 1. The van der Waals surface area contributed by atoms with Crippen molar-refractivity contribution < 1.29 is 24.2 Å². The van der Waals surface area contributed by atoms with Gasteiger partial charge in [-0.25, -0.2) is 4.79 Å². The maximum absolute atomic E-state index is 12.9. The summed E-state index contributed by atoms with van der Waals surface area (Å²) >= 11 is 0. The number of hydrogen-bond acceptors (Lipinski definition) is 4. The minimum atomic E-state index is -0.726. The van der Waals surface area contributed by atoms with E-state index in [1.54, 1.807) is 0 Å². The molecule has 1 saturated heterocycles. The molecule has 1 aliphatic carbocycles. The fraction of sp³-hybridized carbons (Fsp3) is 0.600. The molecule has 2 fully saturated rings. The summed E-state index contributed by atoms with van der Waals surface area (Å²) in [5, 5.41) is 12.2. The van der Waals surface area contributed by atoms with Crippen molar-refractivity contribution >= 4 is 12.0 Å². The number of carbonyl (C=O) groups is 2. The standard InChI is InChI=1S/C20H26N2O5/c23-19(24)13-6-8-14(9-7-13)21-20(25)22-10-2-4-16(22)15-3-1-5-17-18(15)27-12-11-26-17/h1,3,5,13-14,16H,2,4,6-12H2,(H,21,25)(H,23,24). The number of ether oxygens (including phenoxy) is 2. The smallest absolute Gasteiger partial charge is 0.318 e. The molecule has 7 heteroatoms. The van der Waals surface area contributed by atoms with Crippen molar-refractivity contribution in [1.29, 1.82) is 0 Å². The number of nitrogens with one attached hydrogen (secondary N) is 1. The highest BCUT2D eigenvalue weighted by Crippen LogP contribution is 2.42. The Hall–Kier alpha value is -2.44. The number of benzene rings is 1. The number of carboxylic acid groups (broad SMARTS) is 1. The van der Waals surface area contributed by atoms with Crippen LogP contribution in [0.25, 0.3) is 0 Å². The summed E-state index contributed by atoms with van der Waals surface area (Å²) < 4.78 is 11.5. The van der Waals surface area contributed by atoms with Crippen LogP contribution in [0.4, 0.5) is 4.79 Å². The van der Waals surface area contributed by atoms with E-state index in [-0.39, 0.29) is 24.0 Å². The Morgan fingerprint density at radius 1 is 1.07 bits per heavy atom. The molecular weight excluding hydrogens is 348 g/mol. The molecule has 2 aliphatic heterocycles. The summed E-state index contributed by atoms with van der Waals surface area (Å²) in [5.74, 6) is 0.509. The van der Waals surface area contributed by atoms with Gasteiger partial charge < -0.3 is 24.8 Å². The molecule has 27 heavy (non-hydrogen) atoms. The maximum atomic E-state index is 12.9. The van der Waals surface area contributed by atoms with E-state index < -0.39 is 5.97 Å². The van der Waals surface area contributed by atoms with Crippen LogP contribution in [0.5, 0.6) is 11.5 Å². The van der Waals surface area contributed by atoms with Crippen LogP contribution in [0.3, 0.4) is 0 Å². The van der Waals surface area contributed by atoms with Gasteiger partial charge in [0.05, 0.1) is 12.0 Å². The first-order chi connectivity index (χ1) is 13.1. The molecular formula is C20H26N2O5. The number of hydrogen-bond donors (Lipinski definition) is 2. The van der Waals surface area contributed by atoms with E-state index >= 15 is 0 Å². The number of rotatable bonds is 3. The number of para-hydroxylation sites is 1. The van der Waals surface area contributed by atoms with E-state index in [1.165, 1.54) is 0 Å². The Morgan fingerprint density at radius 3 is 2.63 bits per heavy atom. The lowest BCUT2D eigenvalue weighted by Crippen LogP contribution is -2.46. The second kappa shape index (κ2) is 7.66. The zero-order chi connectivity index (χ0) is 18.8. The molecule has 146 valence electrons. The second-order valence-corrected chi connectivity index (χ2v) is 7.56. The normalized spacial score (nSPS) is 27.3. The third-order valence-electron chi connectivity index (χ3n) is 5.87. The van der Waals surface area contributed by atoms with Crippen molar-refractivity contribution in [3.63, 3.8) is 0 Å². The first kappa shape index (κ1) is 17.9. The number of carboxylic acids is 1. The zero-order valence-corrected chi connectivity index (χ0v) is 15.4. The van der Waals surface area contributed by atoms with E-state index in [0.717, 1.165) is 42.7 Å². The summed E-state index contributed by atoms with van der Waals surface area (Å²) in [6.07, 6.45) is 4.55. The largest absolute Gasteiger partial charge is 0.486 e. The fourth-order valence-corrected chi connectivity index (χ4v) is 4.43. The number of amides is 2. The lowest BCUT2D eigenvalue weighted by Gasteiger charge is -2.32. The minimum absolute atomic E-state index is 0.0167. The summed E-state index contributed by atoms with van der Waals surface area (Å²) in [5.41, 5.74) is 1.01. The predicted octanol–water partition coefficient (Wildman–Crippen LogP) is 2.95. The first-order valence-corrected chi connectivity index (χ1v) is 9.82. The molecule has 0 bridgehead atoms. The monoisotopic (exact) mass is 374 g/mol. The van der Waals surface area contributed by atoms with Crippen LogP contribution in [0.15, 0.2) is 18.2 Å².